The molecule has 1 fully saturated rings. The number of para-hydroxylation sites is 1. The fourth-order valence-electron chi connectivity index (χ4n) is 4.22. The van der Waals surface area contributed by atoms with Crippen molar-refractivity contribution >= 4 is 0 Å². The molecule has 1 saturated heterocycles. The van der Waals surface area contributed by atoms with Crippen molar-refractivity contribution in [2.24, 2.45) is 0 Å². The van der Waals surface area contributed by atoms with Crippen molar-refractivity contribution in [3.63, 3.8) is 0 Å². The molecule has 0 bridgehead atoms. The second kappa shape index (κ2) is 9.11. The molecule has 2 aromatic carbocycles. The van der Waals surface area contributed by atoms with Gasteiger partial charge in [0, 0.05) is 30.8 Å². The highest BCUT2D eigenvalue weighted by atomic mass is 19.1. The molecule has 3 aromatic rings. The smallest absolute Gasteiger partial charge is 0.137 e. The van der Waals surface area contributed by atoms with Crippen molar-refractivity contribution in [3.05, 3.63) is 78.4 Å². The van der Waals surface area contributed by atoms with Gasteiger partial charge in [-0.2, -0.15) is 5.10 Å². The van der Waals surface area contributed by atoms with E-state index in [2.05, 4.69) is 15.0 Å². The number of rotatable bonds is 7. The Kier molecular flexibility index (Phi) is 6.29. The lowest BCUT2D eigenvalue weighted by Crippen LogP contribution is -2.54. The van der Waals surface area contributed by atoms with E-state index in [-0.39, 0.29) is 18.2 Å². The third-order valence-electron chi connectivity index (χ3n) is 6.03. The molecule has 1 aliphatic rings. The molecule has 4 rings (SSSR count). The van der Waals surface area contributed by atoms with Crippen LogP contribution >= 0.6 is 0 Å². The minimum atomic E-state index is -1.63. The van der Waals surface area contributed by atoms with Crippen LogP contribution in [0.5, 0.6) is 5.75 Å². The zero-order chi connectivity index (χ0) is 21.8. The molecule has 8 heteroatoms. The normalized spacial score (nSPS) is 18.5. The number of nitrogens with zero attached hydrogens (tertiary/aromatic N) is 4. The molecule has 0 spiro atoms. The molecule has 1 aliphatic heterocycles. The Morgan fingerprint density at radius 2 is 1.90 bits per heavy atom. The number of aliphatic hydroxyl groups is 1. The molecule has 0 amide bonds. The first-order chi connectivity index (χ1) is 15.0. The summed E-state index contributed by atoms with van der Waals surface area (Å²) < 4.78 is 35.8. The standard InChI is InChI=1S/C23H26F2N4O2/c1-17(28-11-9-20(10-12-28)31-19-5-3-2-4-6-19)23(30,14-29-16-26-15-27-29)21-8-7-18(24)13-22(21)25/h2-8,13,15-17,20,30H,9-12,14H2,1H3/t17-,23-/m1/s1. The molecule has 2 heterocycles. The number of likely N-dealkylation sites (tertiary alicyclic amines) is 1. The van der Waals surface area contributed by atoms with Crippen LogP contribution in [0.15, 0.2) is 61.2 Å². The summed E-state index contributed by atoms with van der Waals surface area (Å²) in [4.78, 5) is 6.03. The lowest BCUT2D eigenvalue weighted by molar-refractivity contribution is -0.0747. The summed E-state index contributed by atoms with van der Waals surface area (Å²) in [5, 5.41) is 15.8. The van der Waals surface area contributed by atoms with Gasteiger partial charge in [0.2, 0.25) is 0 Å². The molecule has 6 nitrogen and oxygen atoms in total. The van der Waals surface area contributed by atoms with E-state index in [4.69, 9.17) is 4.74 Å². The molecular formula is C23H26F2N4O2. The van der Waals surface area contributed by atoms with Crippen LogP contribution in [-0.4, -0.2) is 50.0 Å². The number of hydrogen-bond donors (Lipinski definition) is 1. The Bertz CT molecular complexity index is 979. The minimum Gasteiger partial charge on any atom is -0.490 e. The van der Waals surface area contributed by atoms with Crippen LogP contribution in [0.3, 0.4) is 0 Å². The van der Waals surface area contributed by atoms with Gasteiger partial charge in [-0.15, -0.1) is 0 Å². The van der Waals surface area contributed by atoms with E-state index < -0.39 is 23.3 Å². The first-order valence-corrected chi connectivity index (χ1v) is 10.4. The predicted molar refractivity (Wildman–Crippen MR) is 111 cm³/mol. The maximum Gasteiger partial charge on any atom is 0.137 e. The molecule has 31 heavy (non-hydrogen) atoms. The molecule has 1 aromatic heterocycles. The number of hydrogen-bond acceptors (Lipinski definition) is 5. The lowest BCUT2D eigenvalue weighted by atomic mass is 9.84. The summed E-state index contributed by atoms with van der Waals surface area (Å²) in [5.41, 5.74) is -1.59. The van der Waals surface area contributed by atoms with Gasteiger partial charge in [0.1, 0.15) is 41.7 Å². The summed E-state index contributed by atoms with van der Waals surface area (Å²) in [6, 6.07) is 12.5. The second-order valence-corrected chi connectivity index (χ2v) is 7.98. The highest BCUT2D eigenvalue weighted by Crippen LogP contribution is 2.34. The quantitative estimate of drug-likeness (QED) is 0.625. The molecule has 164 valence electrons. The van der Waals surface area contributed by atoms with E-state index in [1.807, 2.05) is 37.3 Å². The molecule has 0 aliphatic carbocycles. The largest absolute Gasteiger partial charge is 0.490 e. The molecule has 0 saturated carbocycles. The number of aromatic nitrogens is 3. The SMILES string of the molecule is C[C@@H](N1CCC(Oc2ccccc2)CC1)[C@](O)(Cn1cncn1)c1ccc(F)cc1F. The van der Waals surface area contributed by atoms with Gasteiger partial charge in [0.05, 0.1) is 6.54 Å². The third-order valence-corrected chi connectivity index (χ3v) is 6.03. The highest BCUT2D eigenvalue weighted by molar-refractivity contribution is 5.27. The van der Waals surface area contributed by atoms with Crippen LogP contribution in [0.2, 0.25) is 0 Å². The van der Waals surface area contributed by atoms with Crippen LogP contribution in [0.4, 0.5) is 8.78 Å². The van der Waals surface area contributed by atoms with Crippen LogP contribution in [0.25, 0.3) is 0 Å². The number of piperidine rings is 1. The maximum atomic E-state index is 14.7. The first kappa shape index (κ1) is 21.4. The van der Waals surface area contributed by atoms with Crippen LogP contribution < -0.4 is 4.74 Å². The Morgan fingerprint density at radius 3 is 2.55 bits per heavy atom. The summed E-state index contributed by atoms with van der Waals surface area (Å²) in [7, 11) is 0. The van der Waals surface area contributed by atoms with Crippen molar-refractivity contribution in [3.8, 4) is 5.75 Å². The van der Waals surface area contributed by atoms with Crippen LogP contribution in [-0.2, 0) is 12.1 Å². The Labute approximate surface area is 180 Å². The molecule has 0 unspecified atom stereocenters. The zero-order valence-electron chi connectivity index (χ0n) is 17.4. The lowest BCUT2D eigenvalue weighted by Gasteiger charge is -2.44. The molecule has 0 radical (unpaired) electrons. The highest BCUT2D eigenvalue weighted by Gasteiger charge is 2.43. The predicted octanol–water partition coefficient (Wildman–Crippen LogP) is 3.38. The van der Waals surface area contributed by atoms with Crippen LogP contribution in [0.1, 0.15) is 25.3 Å². The minimum absolute atomic E-state index is 0.00281. The van der Waals surface area contributed by atoms with Gasteiger partial charge in [0.15, 0.2) is 0 Å². The van der Waals surface area contributed by atoms with Crippen molar-refractivity contribution in [2.45, 2.75) is 44.1 Å². The Balaban J connectivity index is 1.51. The van der Waals surface area contributed by atoms with Crippen molar-refractivity contribution in [2.75, 3.05) is 13.1 Å². The van der Waals surface area contributed by atoms with Crippen molar-refractivity contribution < 1.29 is 18.6 Å². The summed E-state index contributed by atoms with van der Waals surface area (Å²) in [6.45, 7) is 3.22. The van der Waals surface area contributed by atoms with E-state index in [9.17, 15) is 13.9 Å². The average Bonchev–Trinajstić information content (AvgIpc) is 3.27. The van der Waals surface area contributed by atoms with Gasteiger partial charge >= 0.3 is 0 Å². The zero-order valence-corrected chi connectivity index (χ0v) is 17.4. The molecular weight excluding hydrogens is 402 g/mol. The van der Waals surface area contributed by atoms with Gasteiger partial charge in [-0.25, -0.2) is 18.4 Å². The first-order valence-electron chi connectivity index (χ1n) is 10.4. The summed E-state index contributed by atoms with van der Waals surface area (Å²) in [6.07, 6.45) is 4.48. The fraction of sp³-hybridized carbons (Fsp3) is 0.391. The van der Waals surface area contributed by atoms with Gasteiger partial charge in [-0.3, -0.25) is 4.90 Å². The van der Waals surface area contributed by atoms with E-state index >= 15 is 0 Å². The Hall–Kier alpha value is -2.84. The maximum absolute atomic E-state index is 14.7. The summed E-state index contributed by atoms with van der Waals surface area (Å²) in [5.74, 6) is -0.627. The van der Waals surface area contributed by atoms with Crippen molar-refractivity contribution in [1.29, 1.82) is 0 Å². The van der Waals surface area contributed by atoms with Gasteiger partial charge in [-0.1, -0.05) is 24.3 Å². The van der Waals surface area contributed by atoms with Gasteiger partial charge in [-0.05, 0) is 38.0 Å². The monoisotopic (exact) mass is 428 g/mol. The van der Waals surface area contributed by atoms with E-state index in [1.165, 1.54) is 23.4 Å². The topological polar surface area (TPSA) is 63.4 Å². The van der Waals surface area contributed by atoms with Gasteiger partial charge < -0.3 is 9.84 Å². The third kappa shape index (κ3) is 4.75. The van der Waals surface area contributed by atoms with E-state index in [1.54, 1.807) is 0 Å². The second-order valence-electron chi connectivity index (χ2n) is 7.98. The molecule has 2 atom stereocenters. The molecule has 1 N–H and O–H groups in total. The Morgan fingerprint density at radius 1 is 1.16 bits per heavy atom. The average molecular weight is 428 g/mol. The number of halogens is 2. The van der Waals surface area contributed by atoms with E-state index in [0.717, 1.165) is 30.7 Å². The number of benzene rings is 2. The summed E-state index contributed by atoms with van der Waals surface area (Å²) >= 11 is 0. The van der Waals surface area contributed by atoms with Crippen LogP contribution in [0, 0.1) is 11.6 Å². The van der Waals surface area contributed by atoms with Gasteiger partial charge in [0.25, 0.3) is 0 Å². The van der Waals surface area contributed by atoms with E-state index in [0.29, 0.717) is 13.1 Å². The number of ether oxygens (including phenoxy) is 1. The fourth-order valence-corrected chi connectivity index (χ4v) is 4.22. The van der Waals surface area contributed by atoms with Crippen molar-refractivity contribution in [1.82, 2.24) is 19.7 Å².